The molecule has 2 atom stereocenters. The number of anilines is 1. The predicted octanol–water partition coefficient (Wildman–Crippen LogP) is 2.56. The van der Waals surface area contributed by atoms with Crippen LogP contribution in [0.15, 0.2) is 27.8 Å². The standard InChI is InChI=1S/C12H16N2O2S/c1-3-8(2)7-17(15)12-14-10-6-9(13)4-5-11(10)16-12/h4-6,8H,3,7,13H2,1-2H3. The molecule has 0 saturated carbocycles. The number of benzene rings is 1. The minimum absolute atomic E-state index is 0.297. The second-order valence-corrected chi connectivity index (χ2v) is 5.61. The van der Waals surface area contributed by atoms with Gasteiger partial charge < -0.3 is 10.2 Å². The lowest BCUT2D eigenvalue weighted by molar-refractivity contribution is 0.474. The van der Waals surface area contributed by atoms with E-state index in [1.54, 1.807) is 18.2 Å². The highest BCUT2D eigenvalue weighted by Crippen LogP contribution is 2.21. The molecule has 0 bridgehead atoms. The molecule has 92 valence electrons. The first kappa shape index (κ1) is 12.1. The van der Waals surface area contributed by atoms with Crippen LogP contribution < -0.4 is 5.73 Å². The van der Waals surface area contributed by atoms with Gasteiger partial charge in [0.05, 0.1) is 0 Å². The molecule has 0 radical (unpaired) electrons. The van der Waals surface area contributed by atoms with Crippen molar-refractivity contribution in [2.45, 2.75) is 25.5 Å². The SMILES string of the molecule is CCC(C)CS(=O)c1nc2cc(N)ccc2o1. The number of oxazole rings is 1. The summed E-state index contributed by atoms with van der Waals surface area (Å²) in [7, 11) is -1.17. The summed E-state index contributed by atoms with van der Waals surface area (Å²) in [6.45, 7) is 4.15. The summed E-state index contributed by atoms with van der Waals surface area (Å²) in [5.74, 6) is 0.981. The van der Waals surface area contributed by atoms with E-state index in [9.17, 15) is 4.21 Å². The van der Waals surface area contributed by atoms with Gasteiger partial charge in [-0.15, -0.1) is 0 Å². The molecule has 2 N–H and O–H groups in total. The molecule has 1 heterocycles. The Morgan fingerprint density at radius 2 is 2.29 bits per heavy atom. The van der Waals surface area contributed by atoms with Gasteiger partial charge in [0.15, 0.2) is 5.58 Å². The maximum Gasteiger partial charge on any atom is 0.287 e. The van der Waals surface area contributed by atoms with Gasteiger partial charge in [0.1, 0.15) is 16.3 Å². The molecule has 0 fully saturated rings. The van der Waals surface area contributed by atoms with E-state index in [4.69, 9.17) is 10.2 Å². The van der Waals surface area contributed by atoms with Crippen LogP contribution in [-0.2, 0) is 10.8 Å². The van der Waals surface area contributed by atoms with Crippen molar-refractivity contribution in [1.82, 2.24) is 4.98 Å². The summed E-state index contributed by atoms with van der Waals surface area (Å²) in [5.41, 5.74) is 7.58. The van der Waals surface area contributed by atoms with E-state index in [1.165, 1.54) is 0 Å². The number of nitrogens with two attached hydrogens (primary N) is 1. The Bertz CT molecular complexity index is 550. The molecule has 0 aliphatic heterocycles. The van der Waals surface area contributed by atoms with Gasteiger partial charge in [-0.05, 0) is 24.1 Å². The number of hydrogen-bond acceptors (Lipinski definition) is 4. The smallest absolute Gasteiger partial charge is 0.287 e. The highest BCUT2D eigenvalue weighted by Gasteiger charge is 2.15. The Morgan fingerprint density at radius 3 is 3.00 bits per heavy atom. The van der Waals surface area contributed by atoms with Gasteiger partial charge in [-0.2, -0.15) is 0 Å². The number of hydrogen-bond donors (Lipinski definition) is 1. The first-order valence-electron chi connectivity index (χ1n) is 5.64. The van der Waals surface area contributed by atoms with Gasteiger partial charge in [0.25, 0.3) is 5.22 Å². The molecule has 0 aliphatic carbocycles. The number of nitrogen functional groups attached to an aromatic ring is 1. The minimum Gasteiger partial charge on any atom is -0.430 e. The van der Waals surface area contributed by atoms with Crippen LogP contribution in [0.4, 0.5) is 5.69 Å². The third-order valence-electron chi connectivity index (χ3n) is 2.72. The average molecular weight is 252 g/mol. The van der Waals surface area contributed by atoms with Crippen LogP contribution in [0.3, 0.4) is 0 Å². The Labute approximate surface area is 103 Å². The van der Waals surface area contributed by atoms with E-state index in [0.717, 1.165) is 6.42 Å². The molecule has 17 heavy (non-hydrogen) atoms. The monoisotopic (exact) mass is 252 g/mol. The highest BCUT2D eigenvalue weighted by molar-refractivity contribution is 7.84. The molecular formula is C12H16N2O2S. The Morgan fingerprint density at radius 1 is 1.53 bits per heavy atom. The Balaban J connectivity index is 2.27. The second kappa shape index (κ2) is 4.87. The lowest BCUT2D eigenvalue weighted by Crippen LogP contribution is -2.07. The molecule has 5 heteroatoms. The first-order chi connectivity index (χ1) is 8.10. The minimum atomic E-state index is -1.17. The number of nitrogens with zero attached hydrogens (tertiary/aromatic N) is 1. The van der Waals surface area contributed by atoms with E-state index in [-0.39, 0.29) is 0 Å². The summed E-state index contributed by atoms with van der Waals surface area (Å²) >= 11 is 0. The van der Waals surface area contributed by atoms with Crippen molar-refractivity contribution in [3.8, 4) is 0 Å². The fraction of sp³-hybridized carbons (Fsp3) is 0.417. The van der Waals surface area contributed by atoms with Gasteiger partial charge in [-0.3, -0.25) is 0 Å². The topological polar surface area (TPSA) is 69.1 Å². The fourth-order valence-corrected chi connectivity index (χ4v) is 2.75. The molecule has 0 aliphatic rings. The van der Waals surface area contributed by atoms with Crippen LogP contribution in [-0.4, -0.2) is 14.9 Å². The largest absolute Gasteiger partial charge is 0.430 e. The van der Waals surface area contributed by atoms with Crippen LogP contribution >= 0.6 is 0 Å². The van der Waals surface area contributed by atoms with Gasteiger partial charge >= 0.3 is 0 Å². The molecule has 0 saturated heterocycles. The van der Waals surface area contributed by atoms with E-state index in [2.05, 4.69) is 18.8 Å². The molecule has 2 rings (SSSR count). The fourth-order valence-electron chi connectivity index (χ4n) is 1.47. The van der Waals surface area contributed by atoms with Gasteiger partial charge in [-0.1, -0.05) is 20.3 Å². The summed E-state index contributed by atoms with van der Waals surface area (Å²) in [5, 5.41) is 0.297. The van der Waals surface area contributed by atoms with Crippen LogP contribution in [0.25, 0.3) is 11.1 Å². The first-order valence-corrected chi connectivity index (χ1v) is 6.96. The maximum atomic E-state index is 12.0. The molecule has 4 nitrogen and oxygen atoms in total. The van der Waals surface area contributed by atoms with Crippen molar-refractivity contribution in [2.24, 2.45) is 5.92 Å². The molecule has 1 aromatic heterocycles. The van der Waals surface area contributed by atoms with E-state index in [0.29, 0.717) is 33.7 Å². The van der Waals surface area contributed by atoms with Gasteiger partial charge in [0, 0.05) is 11.4 Å². The highest BCUT2D eigenvalue weighted by atomic mass is 32.2. The summed E-state index contributed by atoms with van der Waals surface area (Å²) in [6, 6.07) is 5.22. The lowest BCUT2D eigenvalue weighted by Gasteiger charge is -2.04. The molecular weight excluding hydrogens is 236 g/mol. The van der Waals surface area contributed by atoms with Crippen LogP contribution in [0.1, 0.15) is 20.3 Å². The summed E-state index contributed by atoms with van der Waals surface area (Å²) < 4.78 is 17.5. The molecule has 0 amide bonds. The lowest BCUT2D eigenvalue weighted by atomic mass is 10.2. The Hall–Kier alpha value is -1.36. The quantitative estimate of drug-likeness (QED) is 0.849. The van der Waals surface area contributed by atoms with Crippen molar-refractivity contribution in [3.63, 3.8) is 0 Å². The number of fused-ring (bicyclic) bond motifs is 1. The molecule has 2 aromatic rings. The zero-order chi connectivity index (χ0) is 12.4. The third kappa shape index (κ3) is 2.66. The van der Waals surface area contributed by atoms with Crippen molar-refractivity contribution in [3.05, 3.63) is 18.2 Å². The molecule has 0 spiro atoms. The normalized spacial score (nSPS) is 14.9. The Kier molecular flexibility index (Phi) is 3.47. The van der Waals surface area contributed by atoms with Crippen LogP contribution in [0, 0.1) is 5.92 Å². The zero-order valence-corrected chi connectivity index (χ0v) is 10.8. The van der Waals surface area contributed by atoms with Crippen molar-refractivity contribution in [2.75, 3.05) is 11.5 Å². The summed E-state index contributed by atoms with van der Waals surface area (Å²) in [6.07, 6.45) is 0.999. The molecule has 2 unspecified atom stereocenters. The van der Waals surface area contributed by atoms with E-state index >= 15 is 0 Å². The van der Waals surface area contributed by atoms with Crippen molar-refractivity contribution in [1.29, 1.82) is 0 Å². The van der Waals surface area contributed by atoms with Gasteiger partial charge in [-0.25, -0.2) is 9.19 Å². The predicted molar refractivity (Wildman–Crippen MR) is 69.2 cm³/mol. The summed E-state index contributed by atoms with van der Waals surface area (Å²) in [4.78, 5) is 4.21. The average Bonchev–Trinajstić information content (AvgIpc) is 2.71. The number of rotatable bonds is 4. The number of aromatic nitrogens is 1. The van der Waals surface area contributed by atoms with E-state index < -0.39 is 10.8 Å². The maximum absolute atomic E-state index is 12.0. The molecule has 1 aromatic carbocycles. The third-order valence-corrected chi connectivity index (χ3v) is 4.16. The van der Waals surface area contributed by atoms with E-state index in [1.807, 2.05) is 0 Å². The van der Waals surface area contributed by atoms with Gasteiger partial charge in [0.2, 0.25) is 0 Å². The van der Waals surface area contributed by atoms with Crippen molar-refractivity contribution < 1.29 is 8.63 Å². The second-order valence-electron chi connectivity index (χ2n) is 4.23. The van der Waals surface area contributed by atoms with Crippen LogP contribution in [0.5, 0.6) is 0 Å². The van der Waals surface area contributed by atoms with Crippen LogP contribution in [0.2, 0.25) is 0 Å². The van der Waals surface area contributed by atoms with Crippen molar-refractivity contribution >= 4 is 27.6 Å². The zero-order valence-electron chi connectivity index (χ0n) is 9.97.